The molecule has 17 heavy (non-hydrogen) atoms. The maximum absolute atomic E-state index is 8.83. The summed E-state index contributed by atoms with van der Waals surface area (Å²) in [6.07, 6.45) is 0. The van der Waals surface area contributed by atoms with Gasteiger partial charge in [0.25, 0.3) is 0 Å². The van der Waals surface area contributed by atoms with Gasteiger partial charge in [-0.1, -0.05) is 0 Å². The minimum atomic E-state index is -0.250. The summed E-state index contributed by atoms with van der Waals surface area (Å²) in [6.45, 7) is 1.18. The minimum Gasteiger partial charge on any atom is -0.399 e. The number of rotatable bonds is 5. The van der Waals surface area contributed by atoms with Gasteiger partial charge in [-0.15, -0.1) is 0 Å². The van der Waals surface area contributed by atoms with Crippen LogP contribution in [0.1, 0.15) is 0 Å². The zero-order valence-electron chi connectivity index (χ0n) is 9.36. The van der Waals surface area contributed by atoms with Crippen molar-refractivity contribution in [3.8, 4) is 0 Å². The van der Waals surface area contributed by atoms with Crippen molar-refractivity contribution in [2.45, 2.75) is 0 Å². The van der Waals surface area contributed by atoms with E-state index in [9.17, 15) is 0 Å². The molecule has 6 N–H and O–H groups in total. The van der Waals surface area contributed by atoms with Crippen LogP contribution in [-0.2, 0) is 0 Å². The van der Waals surface area contributed by atoms with Gasteiger partial charge in [-0.3, -0.25) is 0 Å². The molecule has 0 amide bonds. The van der Waals surface area contributed by atoms with E-state index in [0.717, 1.165) is 5.69 Å². The van der Waals surface area contributed by atoms with Gasteiger partial charge >= 0.3 is 0 Å². The highest BCUT2D eigenvalue weighted by atomic mass is 32.2. The number of aliphatic hydroxyl groups is 2. The SMILES string of the molecule is Nc1ccc(N(CCO)CCO)cc1.OSO. The molecule has 1 rings (SSSR count). The highest BCUT2D eigenvalue weighted by Crippen LogP contribution is 2.15. The molecule has 0 saturated carbocycles. The fourth-order valence-corrected chi connectivity index (χ4v) is 1.30. The van der Waals surface area contributed by atoms with Crippen molar-refractivity contribution in [3.63, 3.8) is 0 Å². The van der Waals surface area contributed by atoms with Crippen molar-refractivity contribution >= 4 is 23.7 Å². The average molecular weight is 262 g/mol. The van der Waals surface area contributed by atoms with E-state index in [2.05, 4.69) is 0 Å². The third-order valence-electron chi connectivity index (χ3n) is 2.00. The predicted molar refractivity (Wildman–Crippen MR) is 70.1 cm³/mol. The molecule has 0 unspecified atom stereocenters. The van der Waals surface area contributed by atoms with Crippen molar-refractivity contribution in [1.82, 2.24) is 0 Å². The summed E-state index contributed by atoms with van der Waals surface area (Å²) in [5, 5.41) is 17.7. The molecule has 0 aliphatic rings. The summed E-state index contributed by atoms with van der Waals surface area (Å²) in [5.41, 5.74) is 7.23. The Labute approximate surface area is 105 Å². The van der Waals surface area contributed by atoms with E-state index >= 15 is 0 Å². The zero-order chi connectivity index (χ0) is 13.1. The van der Waals surface area contributed by atoms with Crippen LogP contribution >= 0.6 is 12.3 Å². The summed E-state index contributed by atoms with van der Waals surface area (Å²) < 4.78 is 14.1. The smallest absolute Gasteiger partial charge is 0.152 e. The molecule has 0 heterocycles. The molecule has 0 fully saturated rings. The summed E-state index contributed by atoms with van der Waals surface area (Å²) in [4.78, 5) is 1.90. The Morgan fingerprint density at radius 2 is 1.41 bits per heavy atom. The largest absolute Gasteiger partial charge is 0.399 e. The molecular weight excluding hydrogens is 244 g/mol. The standard InChI is InChI=1S/C10H16N2O2.H2O2S/c11-9-1-3-10(4-2-9)12(5-7-13)6-8-14;1-3-2/h1-4,13-14H,5-8,11H2;1-2H. The summed E-state index contributed by atoms with van der Waals surface area (Å²) in [7, 11) is 0. The Kier molecular flexibility index (Phi) is 9.59. The third kappa shape index (κ3) is 7.03. The molecule has 98 valence electrons. The van der Waals surface area contributed by atoms with E-state index in [1.54, 1.807) is 12.1 Å². The second-order valence-corrected chi connectivity index (χ2v) is 3.27. The molecule has 0 bridgehead atoms. The van der Waals surface area contributed by atoms with Crippen LogP contribution in [0.5, 0.6) is 0 Å². The van der Waals surface area contributed by atoms with Crippen LogP contribution in [0.2, 0.25) is 0 Å². The van der Waals surface area contributed by atoms with Gasteiger partial charge in [-0.2, -0.15) is 0 Å². The number of nitrogens with two attached hydrogens (primary N) is 1. The molecule has 7 heteroatoms. The Hall–Kier alpha value is -0.990. The second kappa shape index (κ2) is 10.2. The number of anilines is 2. The second-order valence-electron chi connectivity index (χ2n) is 3.11. The lowest BCUT2D eigenvalue weighted by Crippen LogP contribution is -2.29. The van der Waals surface area contributed by atoms with Gasteiger partial charge in [0, 0.05) is 24.5 Å². The summed E-state index contributed by atoms with van der Waals surface area (Å²) in [6, 6.07) is 7.36. The van der Waals surface area contributed by atoms with Crippen molar-refractivity contribution < 1.29 is 19.3 Å². The molecule has 0 aromatic heterocycles. The lowest BCUT2D eigenvalue weighted by molar-refractivity contribution is 0.281. The molecule has 0 aliphatic heterocycles. The van der Waals surface area contributed by atoms with Crippen molar-refractivity contribution in [2.75, 3.05) is 36.9 Å². The summed E-state index contributed by atoms with van der Waals surface area (Å²) >= 11 is -0.250. The fraction of sp³-hybridized carbons (Fsp3) is 0.400. The lowest BCUT2D eigenvalue weighted by Gasteiger charge is -2.22. The molecule has 0 aliphatic carbocycles. The van der Waals surface area contributed by atoms with Gasteiger partial charge in [-0.05, 0) is 24.3 Å². The molecule has 1 aromatic carbocycles. The number of hydrogen-bond acceptors (Lipinski definition) is 7. The van der Waals surface area contributed by atoms with E-state index in [1.165, 1.54) is 0 Å². The Bertz CT molecular complexity index is 278. The van der Waals surface area contributed by atoms with Gasteiger partial charge in [0.2, 0.25) is 0 Å². The van der Waals surface area contributed by atoms with Crippen molar-refractivity contribution in [2.24, 2.45) is 0 Å². The quantitative estimate of drug-likeness (QED) is 0.393. The highest BCUT2D eigenvalue weighted by Gasteiger charge is 2.03. The monoisotopic (exact) mass is 262 g/mol. The maximum Gasteiger partial charge on any atom is 0.152 e. The number of benzene rings is 1. The average Bonchev–Trinajstić information content (AvgIpc) is 2.31. The van der Waals surface area contributed by atoms with Crippen LogP contribution < -0.4 is 10.6 Å². The fourth-order valence-electron chi connectivity index (χ4n) is 1.30. The molecule has 6 nitrogen and oxygen atoms in total. The van der Waals surface area contributed by atoms with E-state index in [-0.39, 0.29) is 25.5 Å². The van der Waals surface area contributed by atoms with Gasteiger partial charge in [0.1, 0.15) is 0 Å². The topological polar surface area (TPSA) is 110 Å². The van der Waals surface area contributed by atoms with Gasteiger partial charge in [0.05, 0.1) is 13.2 Å². The Balaban J connectivity index is 0.000000770. The molecule has 0 saturated heterocycles. The first-order valence-electron chi connectivity index (χ1n) is 4.96. The maximum atomic E-state index is 8.83. The van der Waals surface area contributed by atoms with Gasteiger partial charge < -0.3 is 30.0 Å². The van der Waals surface area contributed by atoms with Crippen LogP contribution in [0.3, 0.4) is 0 Å². The number of hydrogen-bond donors (Lipinski definition) is 5. The van der Waals surface area contributed by atoms with Crippen LogP contribution in [0.25, 0.3) is 0 Å². The first kappa shape index (κ1) is 16.0. The summed E-state index contributed by atoms with van der Waals surface area (Å²) in [5.74, 6) is 0. The number of nitrogens with zero attached hydrogens (tertiary/aromatic N) is 1. The number of aliphatic hydroxyl groups excluding tert-OH is 2. The van der Waals surface area contributed by atoms with Crippen LogP contribution in [0.4, 0.5) is 11.4 Å². The minimum absolute atomic E-state index is 0.0738. The first-order valence-corrected chi connectivity index (χ1v) is 5.69. The van der Waals surface area contributed by atoms with E-state index < -0.39 is 0 Å². The van der Waals surface area contributed by atoms with E-state index in [4.69, 9.17) is 25.1 Å². The Morgan fingerprint density at radius 1 is 1.00 bits per heavy atom. The normalized spacial score (nSPS) is 9.41. The Morgan fingerprint density at radius 3 is 1.76 bits per heavy atom. The number of nitrogen functional groups attached to an aromatic ring is 1. The predicted octanol–water partition coefficient (Wildman–Crippen LogP) is 0.725. The molecule has 0 radical (unpaired) electrons. The van der Waals surface area contributed by atoms with Crippen LogP contribution in [0, 0.1) is 0 Å². The first-order chi connectivity index (χ1) is 8.19. The molecular formula is C10H18N2O4S. The van der Waals surface area contributed by atoms with Gasteiger partial charge in [0.15, 0.2) is 12.3 Å². The van der Waals surface area contributed by atoms with Crippen molar-refractivity contribution in [3.05, 3.63) is 24.3 Å². The zero-order valence-corrected chi connectivity index (χ0v) is 10.2. The highest BCUT2D eigenvalue weighted by molar-refractivity contribution is 7.87. The van der Waals surface area contributed by atoms with Crippen LogP contribution in [-0.4, -0.2) is 45.6 Å². The molecule has 0 spiro atoms. The van der Waals surface area contributed by atoms with E-state index in [1.807, 2.05) is 17.0 Å². The van der Waals surface area contributed by atoms with E-state index in [0.29, 0.717) is 18.8 Å². The van der Waals surface area contributed by atoms with Gasteiger partial charge in [-0.25, -0.2) is 0 Å². The molecule has 0 atom stereocenters. The van der Waals surface area contributed by atoms with Crippen molar-refractivity contribution in [1.29, 1.82) is 0 Å². The molecule has 1 aromatic rings. The lowest BCUT2D eigenvalue weighted by atomic mass is 10.2. The third-order valence-corrected chi connectivity index (χ3v) is 2.00. The van der Waals surface area contributed by atoms with Crippen LogP contribution in [0.15, 0.2) is 24.3 Å².